The van der Waals surface area contributed by atoms with Gasteiger partial charge in [-0.25, -0.2) is 4.68 Å². The molecule has 0 aliphatic carbocycles. The number of ether oxygens (including phenoxy) is 1. The summed E-state index contributed by atoms with van der Waals surface area (Å²) in [6.45, 7) is 4.32. The molecule has 138 valence electrons. The van der Waals surface area contributed by atoms with Gasteiger partial charge in [-0.2, -0.15) is 5.10 Å². The minimum absolute atomic E-state index is 0.0227. The van der Waals surface area contributed by atoms with Crippen LogP contribution < -0.4 is 10.1 Å². The lowest BCUT2D eigenvalue weighted by atomic mass is 10.2. The van der Waals surface area contributed by atoms with E-state index in [1.807, 2.05) is 34.9 Å². The summed E-state index contributed by atoms with van der Waals surface area (Å²) in [6.07, 6.45) is 1.76. The van der Waals surface area contributed by atoms with Gasteiger partial charge in [0.25, 0.3) is 0 Å². The van der Waals surface area contributed by atoms with Crippen molar-refractivity contribution in [2.45, 2.75) is 13.1 Å². The lowest BCUT2D eigenvalue weighted by molar-refractivity contribution is -0.116. The number of anilines is 1. The van der Waals surface area contributed by atoms with E-state index < -0.39 is 0 Å². The van der Waals surface area contributed by atoms with Crippen LogP contribution in [0.25, 0.3) is 11.4 Å². The topological polar surface area (TPSA) is 61.1 Å². The standard InChI is InChI=1S/C20H20N4O2S/c1-3-13-23-19(15-7-5-4-6-8-15)22-24(20(23)27)14-18(25)21-16-9-11-17(26-2)12-10-16/h3-12H,1,13-14H2,2H3,(H,21,25). The number of rotatable bonds is 7. The Bertz CT molecular complexity index is 991. The molecule has 0 saturated carbocycles. The molecule has 0 unspecified atom stereocenters. The number of allylic oxidation sites excluding steroid dienone is 1. The molecular weight excluding hydrogens is 360 g/mol. The highest BCUT2D eigenvalue weighted by Crippen LogP contribution is 2.19. The van der Waals surface area contributed by atoms with Gasteiger partial charge in [0.2, 0.25) is 5.91 Å². The summed E-state index contributed by atoms with van der Waals surface area (Å²) < 4.78 is 8.97. The summed E-state index contributed by atoms with van der Waals surface area (Å²) >= 11 is 5.51. The fraction of sp³-hybridized carbons (Fsp3) is 0.150. The van der Waals surface area contributed by atoms with Crippen molar-refractivity contribution in [3.8, 4) is 17.1 Å². The zero-order valence-corrected chi connectivity index (χ0v) is 15.8. The van der Waals surface area contributed by atoms with Gasteiger partial charge in [0.15, 0.2) is 10.6 Å². The molecule has 3 aromatic rings. The molecule has 0 spiro atoms. The molecule has 0 fully saturated rings. The Morgan fingerprint density at radius 1 is 1.22 bits per heavy atom. The van der Waals surface area contributed by atoms with E-state index in [1.54, 1.807) is 37.5 Å². The molecule has 7 heteroatoms. The van der Waals surface area contributed by atoms with Crippen molar-refractivity contribution in [3.05, 3.63) is 72.0 Å². The summed E-state index contributed by atoms with van der Waals surface area (Å²) in [5.74, 6) is 1.22. The predicted molar refractivity (Wildman–Crippen MR) is 108 cm³/mol. The summed E-state index contributed by atoms with van der Waals surface area (Å²) in [7, 11) is 1.60. The van der Waals surface area contributed by atoms with E-state index in [2.05, 4.69) is 17.0 Å². The van der Waals surface area contributed by atoms with Gasteiger partial charge in [0, 0.05) is 17.8 Å². The van der Waals surface area contributed by atoms with Crippen LogP contribution in [0.5, 0.6) is 5.75 Å². The van der Waals surface area contributed by atoms with Crippen LogP contribution in [0.3, 0.4) is 0 Å². The molecule has 0 bridgehead atoms. The highest BCUT2D eigenvalue weighted by atomic mass is 32.1. The molecule has 0 atom stereocenters. The highest BCUT2D eigenvalue weighted by Gasteiger charge is 2.14. The first-order valence-electron chi connectivity index (χ1n) is 8.40. The number of hydrogen-bond acceptors (Lipinski definition) is 4. The number of benzene rings is 2. The van der Waals surface area contributed by atoms with E-state index in [4.69, 9.17) is 17.0 Å². The number of aromatic nitrogens is 3. The Morgan fingerprint density at radius 2 is 1.93 bits per heavy atom. The van der Waals surface area contributed by atoms with Gasteiger partial charge in [-0.1, -0.05) is 36.4 Å². The minimum atomic E-state index is -0.209. The van der Waals surface area contributed by atoms with E-state index in [1.165, 1.54) is 4.68 Å². The molecular formula is C20H20N4O2S. The fourth-order valence-electron chi connectivity index (χ4n) is 2.65. The largest absolute Gasteiger partial charge is 0.497 e. The average Bonchev–Trinajstić information content (AvgIpc) is 2.99. The van der Waals surface area contributed by atoms with Crippen molar-refractivity contribution in [1.82, 2.24) is 14.3 Å². The summed E-state index contributed by atoms with van der Waals surface area (Å²) in [5.41, 5.74) is 1.61. The summed E-state index contributed by atoms with van der Waals surface area (Å²) in [4.78, 5) is 12.4. The van der Waals surface area contributed by atoms with Gasteiger partial charge in [0.05, 0.1) is 7.11 Å². The van der Waals surface area contributed by atoms with Crippen molar-refractivity contribution in [1.29, 1.82) is 0 Å². The zero-order chi connectivity index (χ0) is 19.2. The lowest BCUT2D eigenvalue weighted by Crippen LogP contribution is -2.19. The summed E-state index contributed by atoms with van der Waals surface area (Å²) in [6, 6.07) is 16.9. The van der Waals surface area contributed by atoms with Crippen LogP contribution in [-0.4, -0.2) is 27.4 Å². The van der Waals surface area contributed by atoms with Crippen molar-refractivity contribution in [3.63, 3.8) is 0 Å². The zero-order valence-electron chi connectivity index (χ0n) is 15.0. The molecule has 1 N–H and O–H groups in total. The molecule has 3 rings (SSSR count). The first-order valence-corrected chi connectivity index (χ1v) is 8.81. The van der Waals surface area contributed by atoms with E-state index in [-0.39, 0.29) is 12.5 Å². The number of methoxy groups -OCH3 is 1. The molecule has 6 nitrogen and oxygen atoms in total. The normalized spacial score (nSPS) is 10.4. The quantitative estimate of drug-likeness (QED) is 0.499. The van der Waals surface area contributed by atoms with Crippen molar-refractivity contribution < 1.29 is 9.53 Å². The van der Waals surface area contributed by atoms with Crippen LogP contribution in [0.4, 0.5) is 5.69 Å². The first-order chi connectivity index (χ1) is 13.1. The monoisotopic (exact) mass is 380 g/mol. The minimum Gasteiger partial charge on any atom is -0.497 e. The Labute approximate surface area is 162 Å². The van der Waals surface area contributed by atoms with Crippen LogP contribution in [0.2, 0.25) is 0 Å². The van der Waals surface area contributed by atoms with Crippen molar-refractivity contribution in [2.75, 3.05) is 12.4 Å². The number of amides is 1. The van der Waals surface area contributed by atoms with Crippen molar-refractivity contribution >= 4 is 23.8 Å². The third-order valence-corrected chi connectivity index (χ3v) is 4.36. The third kappa shape index (κ3) is 4.32. The molecule has 2 aromatic carbocycles. The van der Waals surface area contributed by atoms with Gasteiger partial charge in [-0.05, 0) is 36.5 Å². The molecule has 1 aromatic heterocycles. The lowest BCUT2D eigenvalue weighted by Gasteiger charge is -2.06. The fourth-order valence-corrected chi connectivity index (χ4v) is 2.92. The van der Waals surface area contributed by atoms with E-state index in [0.29, 0.717) is 22.8 Å². The molecule has 27 heavy (non-hydrogen) atoms. The maximum atomic E-state index is 12.4. The molecule has 0 aliphatic heterocycles. The van der Waals surface area contributed by atoms with Gasteiger partial charge in [-0.3, -0.25) is 9.36 Å². The maximum absolute atomic E-state index is 12.4. The number of carbonyl (C=O) groups excluding carboxylic acids is 1. The Hall–Kier alpha value is -3.19. The second-order valence-corrected chi connectivity index (χ2v) is 6.17. The molecule has 1 amide bonds. The van der Waals surface area contributed by atoms with E-state index in [0.717, 1.165) is 11.3 Å². The number of nitrogens with zero attached hydrogens (tertiary/aromatic N) is 3. The third-order valence-electron chi connectivity index (χ3n) is 3.93. The molecule has 1 heterocycles. The van der Waals surface area contributed by atoms with Crippen LogP contribution in [-0.2, 0) is 17.9 Å². The Kier molecular flexibility index (Phi) is 5.83. The number of carbonyl (C=O) groups is 1. The Balaban J connectivity index is 1.82. The SMILES string of the molecule is C=CCn1c(-c2ccccc2)nn(CC(=O)Nc2ccc(OC)cc2)c1=S. The predicted octanol–water partition coefficient (Wildman–Crippen LogP) is 3.91. The second kappa shape index (κ2) is 8.46. The average molecular weight is 380 g/mol. The molecule has 0 aliphatic rings. The maximum Gasteiger partial charge on any atom is 0.246 e. The van der Waals surface area contributed by atoms with E-state index >= 15 is 0 Å². The molecule has 0 radical (unpaired) electrons. The van der Waals surface area contributed by atoms with Gasteiger partial charge < -0.3 is 10.1 Å². The number of hydrogen-bond donors (Lipinski definition) is 1. The number of nitrogens with one attached hydrogen (secondary N) is 1. The van der Waals surface area contributed by atoms with Crippen LogP contribution >= 0.6 is 12.2 Å². The van der Waals surface area contributed by atoms with Gasteiger partial charge >= 0.3 is 0 Å². The van der Waals surface area contributed by atoms with Gasteiger partial charge in [-0.15, -0.1) is 6.58 Å². The Morgan fingerprint density at radius 3 is 2.56 bits per heavy atom. The van der Waals surface area contributed by atoms with Crippen molar-refractivity contribution in [2.24, 2.45) is 0 Å². The van der Waals surface area contributed by atoms with Gasteiger partial charge in [0.1, 0.15) is 12.3 Å². The van der Waals surface area contributed by atoms with Crippen LogP contribution in [0.15, 0.2) is 67.3 Å². The smallest absolute Gasteiger partial charge is 0.246 e. The molecule has 0 saturated heterocycles. The summed E-state index contributed by atoms with van der Waals surface area (Å²) in [5, 5.41) is 7.39. The first kappa shape index (κ1) is 18.6. The van der Waals surface area contributed by atoms with Crippen LogP contribution in [0.1, 0.15) is 0 Å². The second-order valence-electron chi connectivity index (χ2n) is 5.81. The highest BCUT2D eigenvalue weighted by molar-refractivity contribution is 7.71. The van der Waals surface area contributed by atoms with Crippen LogP contribution in [0, 0.1) is 4.77 Å². The van der Waals surface area contributed by atoms with E-state index in [9.17, 15) is 4.79 Å².